The maximum atomic E-state index is 10.3. The standard InChI is InChI=1S/C15H19NO3/c17-12-3-1-2-11-13(12)14-10(8-16-11)9-19-15(14)4-6-18-7-5-15/h1-3,10-11,16-17H,4-9H2. The van der Waals surface area contributed by atoms with Crippen molar-refractivity contribution in [1.29, 1.82) is 0 Å². The number of hydrogen-bond acceptors (Lipinski definition) is 4. The average molecular weight is 261 g/mol. The highest BCUT2D eigenvalue weighted by Gasteiger charge is 2.50. The monoisotopic (exact) mass is 261 g/mol. The van der Waals surface area contributed by atoms with E-state index in [1.807, 2.05) is 6.08 Å². The van der Waals surface area contributed by atoms with Gasteiger partial charge in [-0.15, -0.1) is 0 Å². The number of allylic oxidation sites excluding steroid dienone is 2. The molecule has 0 bridgehead atoms. The van der Waals surface area contributed by atoms with Gasteiger partial charge in [0.05, 0.1) is 18.2 Å². The summed E-state index contributed by atoms with van der Waals surface area (Å²) >= 11 is 0. The van der Waals surface area contributed by atoms with Crippen LogP contribution in [0.1, 0.15) is 12.8 Å². The van der Waals surface area contributed by atoms with E-state index in [1.165, 1.54) is 5.57 Å². The molecule has 1 aliphatic carbocycles. The van der Waals surface area contributed by atoms with Gasteiger partial charge in [0, 0.05) is 44.1 Å². The number of aliphatic hydroxyl groups is 1. The molecule has 2 N–H and O–H groups in total. The summed E-state index contributed by atoms with van der Waals surface area (Å²) in [6, 6.07) is 0.137. The van der Waals surface area contributed by atoms with E-state index in [0.29, 0.717) is 11.7 Å². The van der Waals surface area contributed by atoms with Crippen molar-refractivity contribution in [3.63, 3.8) is 0 Å². The van der Waals surface area contributed by atoms with Crippen molar-refractivity contribution in [3.05, 3.63) is 35.1 Å². The summed E-state index contributed by atoms with van der Waals surface area (Å²) in [6.45, 7) is 3.20. The van der Waals surface area contributed by atoms with E-state index in [0.717, 1.165) is 44.8 Å². The number of fused-ring (bicyclic) bond motifs is 3. The Balaban J connectivity index is 1.85. The lowest BCUT2D eigenvalue weighted by molar-refractivity contribution is -0.0624. The predicted octanol–water partition coefficient (Wildman–Crippen LogP) is 1.46. The lowest BCUT2D eigenvalue weighted by atomic mass is 9.74. The molecule has 4 rings (SSSR count). The van der Waals surface area contributed by atoms with Gasteiger partial charge >= 0.3 is 0 Å². The van der Waals surface area contributed by atoms with Crippen LogP contribution in [0.15, 0.2) is 35.1 Å². The molecule has 0 aromatic carbocycles. The first-order chi connectivity index (χ1) is 9.30. The van der Waals surface area contributed by atoms with Gasteiger partial charge in [0.2, 0.25) is 0 Å². The van der Waals surface area contributed by atoms with Crippen molar-refractivity contribution in [1.82, 2.24) is 5.32 Å². The van der Waals surface area contributed by atoms with Crippen LogP contribution in [0.2, 0.25) is 0 Å². The molecule has 2 unspecified atom stereocenters. The zero-order valence-corrected chi connectivity index (χ0v) is 10.9. The van der Waals surface area contributed by atoms with Gasteiger partial charge in [-0.3, -0.25) is 0 Å². The zero-order chi connectivity index (χ0) is 12.9. The molecule has 4 aliphatic rings. The van der Waals surface area contributed by atoms with Gasteiger partial charge in [-0.2, -0.15) is 0 Å². The SMILES string of the molecule is OC1=CC=CC2NCC3COC4(CCOCC4)C3=C12. The van der Waals surface area contributed by atoms with Gasteiger partial charge in [-0.05, 0) is 11.6 Å². The van der Waals surface area contributed by atoms with Crippen LogP contribution in [0, 0.1) is 5.92 Å². The summed E-state index contributed by atoms with van der Waals surface area (Å²) in [6.07, 6.45) is 7.64. The lowest BCUT2D eigenvalue weighted by Gasteiger charge is -2.40. The maximum Gasteiger partial charge on any atom is 0.120 e. The van der Waals surface area contributed by atoms with E-state index in [4.69, 9.17) is 9.47 Å². The molecule has 0 aromatic rings. The summed E-state index contributed by atoms with van der Waals surface area (Å²) < 4.78 is 11.7. The third-order valence-electron chi connectivity index (χ3n) is 4.78. The van der Waals surface area contributed by atoms with Gasteiger partial charge in [0.25, 0.3) is 0 Å². The van der Waals surface area contributed by atoms with E-state index >= 15 is 0 Å². The van der Waals surface area contributed by atoms with Crippen LogP contribution in [0.5, 0.6) is 0 Å². The highest BCUT2D eigenvalue weighted by Crippen LogP contribution is 2.47. The third kappa shape index (κ3) is 1.64. The third-order valence-corrected chi connectivity index (χ3v) is 4.78. The number of nitrogens with one attached hydrogen (secondary N) is 1. The Morgan fingerprint density at radius 3 is 3.00 bits per heavy atom. The maximum absolute atomic E-state index is 10.3. The second kappa shape index (κ2) is 4.20. The minimum Gasteiger partial charge on any atom is -0.508 e. The predicted molar refractivity (Wildman–Crippen MR) is 70.9 cm³/mol. The Bertz CT molecular complexity index is 486. The minimum absolute atomic E-state index is 0.137. The summed E-state index contributed by atoms with van der Waals surface area (Å²) in [5, 5.41) is 13.8. The first-order valence-corrected chi connectivity index (χ1v) is 7.08. The summed E-state index contributed by atoms with van der Waals surface area (Å²) in [7, 11) is 0. The van der Waals surface area contributed by atoms with Gasteiger partial charge in [-0.25, -0.2) is 0 Å². The van der Waals surface area contributed by atoms with Gasteiger partial charge in [0.1, 0.15) is 5.76 Å². The Labute approximate surface area is 112 Å². The van der Waals surface area contributed by atoms with E-state index in [2.05, 4.69) is 11.4 Å². The van der Waals surface area contributed by atoms with Crippen LogP contribution in [0.4, 0.5) is 0 Å². The zero-order valence-electron chi connectivity index (χ0n) is 10.9. The summed E-state index contributed by atoms with van der Waals surface area (Å²) in [5.74, 6) is 0.794. The van der Waals surface area contributed by atoms with E-state index < -0.39 is 0 Å². The van der Waals surface area contributed by atoms with Crippen LogP contribution in [-0.4, -0.2) is 43.1 Å². The quantitative estimate of drug-likeness (QED) is 0.693. The van der Waals surface area contributed by atoms with Crippen molar-refractivity contribution in [2.75, 3.05) is 26.4 Å². The molecule has 19 heavy (non-hydrogen) atoms. The molecule has 0 radical (unpaired) electrons. The summed E-state index contributed by atoms with van der Waals surface area (Å²) in [4.78, 5) is 0. The minimum atomic E-state index is -0.189. The van der Waals surface area contributed by atoms with Crippen molar-refractivity contribution < 1.29 is 14.6 Å². The van der Waals surface area contributed by atoms with Gasteiger partial charge in [0.15, 0.2) is 0 Å². The topological polar surface area (TPSA) is 50.7 Å². The van der Waals surface area contributed by atoms with Crippen molar-refractivity contribution in [2.45, 2.75) is 24.5 Å². The average Bonchev–Trinajstić information content (AvgIpc) is 2.79. The molecule has 0 saturated carbocycles. The largest absolute Gasteiger partial charge is 0.508 e. The molecule has 102 valence electrons. The highest BCUT2D eigenvalue weighted by molar-refractivity contribution is 5.50. The van der Waals surface area contributed by atoms with Crippen LogP contribution in [0.25, 0.3) is 0 Å². The second-order valence-electron chi connectivity index (χ2n) is 5.76. The molecule has 4 heteroatoms. The number of rotatable bonds is 0. The van der Waals surface area contributed by atoms with E-state index in [1.54, 1.807) is 6.08 Å². The van der Waals surface area contributed by atoms with Crippen LogP contribution in [0.3, 0.4) is 0 Å². The van der Waals surface area contributed by atoms with Crippen LogP contribution < -0.4 is 5.32 Å². The Morgan fingerprint density at radius 2 is 2.16 bits per heavy atom. The summed E-state index contributed by atoms with van der Waals surface area (Å²) in [5.41, 5.74) is 2.20. The van der Waals surface area contributed by atoms with Crippen LogP contribution in [-0.2, 0) is 9.47 Å². The van der Waals surface area contributed by atoms with E-state index in [9.17, 15) is 5.11 Å². The molecule has 2 saturated heterocycles. The molecular weight excluding hydrogens is 242 g/mol. The lowest BCUT2D eigenvalue weighted by Crippen LogP contribution is -2.46. The van der Waals surface area contributed by atoms with Crippen LogP contribution >= 0.6 is 0 Å². The van der Waals surface area contributed by atoms with E-state index in [-0.39, 0.29) is 11.6 Å². The number of hydrogen-bond donors (Lipinski definition) is 2. The molecule has 2 atom stereocenters. The number of aliphatic hydroxyl groups excluding tert-OH is 1. The van der Waals surface area contributed by atoms with Gasteiger partial charge < -0.3 is 19.9 Å². The van der Waals surface area contributed by atoms with Gasteiger partial charge in [-0.1, -0.05) is 12.2 Å². The molecule has 3 heterocycles. The first-order valence-electron chi connectivity index (χ1n) is 7.08. The van der Waals surface area contributed by atoms with Crippen molar-refractivity contribution in [3.8, 4) is 0 Å². The second-order valence-corrected chi connectivity index (χ2v) is 5.76. The Hall–Kier alpha value is -1.10. The van der Waals surface area contributed by atoms with Crippen molar-refractivity contribution in [2.24, 2.45) is 5.92 Å². The molecule has 0 amide bonds. The molecule has 2 fully saturated rings. The normalized spacial score (nSPS) is 36.1. The molecule has 0 aromatic heterocycles. The first kappa shape index (κ1) is 11.7. The van der Waals surface area contributed by atoms with Crippen molar-refractivity contribution >= 4 is 0 Å². The number of ether oxygens (including phenoxy) is 2. The fraction of sp³-hybridized carbons (Fsp3) is 0.600. The smallest absolute Gasteiger partial charge is 0.120 e. The fourth-order valence-electron chi connectivity index (χ4n) is 3.88. The Kier molecular flexibility index (Phi) is 2.59. The fourth-order valence-corrected chi connectivity index (χ4v) is 3.88. The molecular formula is C15H19NO3. The molecule has 4 nitrogen and oxygen atoms in total. The molecule has 1 spiro atoms. The molecule has 3 aliphatic heterocycles. The Morgan fingerprint density at radius 1 is 1.32 bits per heavy atom. The highest BCUT2D eigenvalue weighted by atomic mass is 16.5.